The fraction of sp³-hybridized carbons (Fsp3) is 0.538. The Kier molecular flexibility index (Phi) is 4.81. The smallest absolute Gasteiger partial charge is 0.0412 e. The summed E-state index contributed by atoms with van der Waals surface area (Å²) < 4.78 is 1.08. The number of rotatable bonds is 4. The van der Waals surface area contributed by atoms with Gasteiger partial charge in [0.1, 0.15) is 0 Å². The fourth-order valence-electron chi connectivity index (χ4n) is 1.88. The van der Waals surface area contributed by atoms with Gasteiger partial charge < -0.3 is 10.6 Å². The van der Waals surface area contributed by atoms with Crippen LogP contribution in [0, 0.1) is 5.92 Å². The molecule has 1 unspecified atom stereocenters. The van der Waals surface area contributed by atoms with Crippen LogP contribution in [0.5, 0.6) is 0 Å². The van der Waals surface area contributed by atoms with E-state index in [1.807, 2.05) is 6.92 Å². The summed E-state index contributed by atoms with van der Waals surface area (Å²) in [7, 11) is 2.12. The van der Waals surface area contributed by atoms with Gasteiger partial charge in [-0.25, -0.2) is 0 Å². The molecule has 2 nitrogen and oxygen atoms in total. The molecule has 0 aliphatic carbocycles. The molecule has 90 valence electrons. The van der Waals surface area contributed by atoms with Gasteiger partial charge in [0.25, 0.3) is 0 Å². The molecule has 2 N–H and O–H groups in total. The number of nitrogens with zero attached hydrogens (tertiary/aromatic N) is 1. The minimum atomic E-state index is 0.0575. The fourth-order valence-corrected chi connectivity index (χ4v) is 2.26. The van der Waals surface area contributed by atoms with Gasteiger partial charge in [0.15, 0.2) is 0 Å². The van der Waals surface area contributed by atoms with Crippen LogP contribution in [0.1, 0.15) is 32.4 Å². The largest absolute Gasteiger partial charge is 0.374 e. The third-order valence-corrected chi connectivity index (χ3v) is 3.02. The lowest BCUT2D eigenvalue weighted by Gasteiger charge is -2.25. The Morgan fingerprint density at radius 2 is 1.94 bits per heavy atom. The lowest BCUT2D eigenvalue weighted by Crippen LogP contribution is -2.24. The van der Waals surface area contributed by atoms with Crippen molar-refractivity contribution in [2.24, 2.45) is 11.7 Å². The first-order valence-electron chi connectivity index (χ1n) is 5.68. The van der Waals surface area contributed by atoms with Crippen LogP contribution in [-0.2, 0) is 0 Å². The Labute approximate surface area is 107 Å². The van der Waals surface area contributed by atoms with E-state index in [2.05, 4.69) is 59.9 Å². The summed E-state index contributed by atoms with van der Waals surface area (Å²) in [4.78, 5) is 2.27. The Hall–Kier alpha value is -0.540. The van der Waals surface area contributed by atoms with Crippen molar-refractivity contribution in [2.75, 3.05) is 18.5 Å². The first-order chi connectivity index (χ1) is 7.41. The van der Waals surface area contributed by atoms with Crippen molar-refractivity contribution in [1.29, 1.82) is 0 Å². The monoisotopic (exact) mass is 284 g/mol. The van der Waals surface area contributed by atoms with Gasteiger partial charge in [0, 0.05) is 29.8 Å². The average Bonchev–Trinajstić information content (AvgIpc) is 2.16. The third kappa shape index (κ3) is 3.49. The van der Waals surface area contributed by atoms with E-state index in [-0.39, 0.29) is 6.04 Å². The third-order valence-electron chi connectivity index (χ3n) is 2.53. The molecule has 1 rings (SSSR count). The van der Waals surface area contributed by atoms with Crippen molar-refractivity contribution in [2.45, 2.75) is 26.8 Å². The maximum Gasteiger partial charge on any atom is 0.0412 e. The van der Waals surface area contributed by atoms with Crippen molar-refractivity contribution in [3.63, 3.8) is 0 Å². The number of benzene rings is 1. The highest BCUT2D eigenvalue weighted by atomic mass is 79.9. The van der Waals surface area contributed by atoms with Crippen LogP contribution < -0.4 is 10.6 Å². The summed E-state index contributed by atoms with van der Waals surface area (Å²) in [5.74, 6) is 0.648. The van der Waals surface area contributed by atoms with Gasteiger partial charge in [0.05, 0.1) is 0 Å². The maximum absolute atomic E-state index is 6.00. The molecule has 0 heterocycles. The highest BCUT2D eigenvalue weighted by Gasteiger charge is 2.12. The molecule has 0 spiro atoms. The van der Waals surface area contributed by atoms with E-state index in [1.54, 1.807) is 0 Å². The van der Waals surface area contributed by atoms with E-state index in [9.17, 15) is 0 Å². The van der Waals surface area contributed by atoms with Crippen molar-refractivity contribution in [3.8, 4) is 0 Å². The van der Waals surface area contributed by atoms with Crippen LogP contribution in [0.15, 0.2) is 22.7 Å². The van der Waals surface area contributed by atoms with Crippen LogP contribution in [0.4, 0.5) is 5.69 Å². The zero-order chi connectivity index (χ0) is 12.3. The highest BCUT2D eigenvalue weighted by molar-refractivity contribution is 9.10. The van der Waals surface area contributed by atoms with Crippen molar-refractivity contribution >= 4 is 21.6 Å². The molecule has 0 aromatic heterocycles. The molecule has 0 fully saturated rings. The summed E-state index contributed by atoms with van der Waals surface area (Å²) in [6.07, 6.45) is 0. The minimum absolute atomic E-state index is 0.0575. The van der Waals surface area contributed by atoms with Gasteiger partial charge in [-0.2, -0.15) is 0 Å². The van der Waals surface area contributed by atoms with Gasteiger partial charge >= 0.3 is 0 Å². The molecule has 0 aliphatic heterocycles. The van der Waals surface area contributed by atoms with Gasteiger partial charge in [-0.15, -0.1) is 0 Å². The SMILES string of the molecule is CC(C)CN(C)c1ccc(Br)cc1C(C)N. The molecule has 3 heteroatoms. The molecule has 0 saturated heterocycles. The molecule has 1 aromatic carbocycles. The van der Waals surface area contributed by atoms with Crippen LogP contribution in [-0.4, -0.2) is 13.6 Å². The number of nitrogens with two attached hydrogens (primary N) is 1. The molecule has 1 atom stereocenters. The Balaban J connectivity index is 3.02. The zero-order valence-electron chi connectivity index (χ0n) is 10.5. The number of anilines is 1. The molecule has 0 bridgehead atoms. The number of hydrogen-bond acceptors (Lipinski definition) is 2. The summed E-state index contributed by atoms with van der Waals surface area (Å²) in [6, 6.07) is 6.36. The lowest BCUT2D eigenvalue weighted by molar-refractivity contribution is 0.635. The number of hydrogen-bond donors (Lipinski definition) is 1. The second-order valence-corrected chi connectivity index (χ2v) is 5.68. The summed E-state index contributed by atoms with van der Waals surface area (Å²) in [6.45, 7) is 7.51. The Morgan fingerprint density at radius 3 is 2.44 bits per heavy atom. The standard InChI is InChI=1S/C13H21BrN2/c1-9(2)8-16(4)13-6-5-11(14)7-12(13)10(3)15/h5-7,9-10H,8,15H2,1-4H3. The Morgan fingerprint density at radius 1 is 1.31 bits per heavy atom. The van der Waals surface area contributed by atoms with Crippen LogP contribution in [0.2, 0.25) is 0 Å². The Bertz CT molecular complexity index is 348. The van der Waals surface area contributed by atoms with E-state index in [1.165, 1.54) is 11.3 Å². The molecule has 0 saturated carbocycles. The van der Waals surface area contributed by atoms with E-state index < -0.39 is 0 Å². The second-order valence-electron chi connectivity index (χ2n) is 4.77. The van der Waals surface area contributed by atoms with E-state index in [0.717, 1.165) is 11.0 Å². The van der Waals surface area contributed by atoms with E-state index >= 15 is 0 Å². The predicted molar refractivity (Wildman–Crippen MR) is 74.9 cm³/mol. The summed E-state index contributed by atoms with van der Waals surface area (Å²) in [5, 5.41) is 0. The molecule has 0 radical (unpaired) electrons. The molecular formula is C13H21BrN2. The molecule has 1 aromatic rings. The molecular weight excluding hydrogens is 264 g/mol. The van der Waals surface area contributed by atoms with Crippen molar-refractivity contribution < 1.29 is 0 Å². The first-order valence-corrected chi connectivity index (χ1v) is 6.47. The zero-order valence-corrected chi connectivity index (χ0v) is 12.1. The average molecular weight is 285 g/mol. The van der Waals surface area contributed by atoms with Crippen molar-refractivity contribution in [3.05, 3.63) is 28.2 Å². The lowest BCUT2D eigenvalue weighted by atomic mass is 10.1. The first kappa shape index (κ1) is 13.5. The molecule has 0 amide bonds. The topological polar surface area (TPSA) is 29.3 Å². The minimum Gasteiger partial charge on any atom is -0.374 e. The molecule has 16 heavy (non-hydrogen) atoms. The summed E-state index contributed by atoms with van der Waals surface area (Å²) in [5.41, 5.74) is 8.43. The van der Waals surface area contributed by atoms with Gasteiger partial charge in [-0.3, -0.25) is 0 Å². The van der Waals surface area contributed by atoms with Gasteiger partial charge in [-0.05, 0) is 36.6 Å². The summed E-state index contributed by atoms with van der Waals surface area (Å²) >= 11 is 3.49. The maximum atomic E-state index is 6.00. The predicted octanol–water partition coefficient (Wildman–Crippen LogP) is 3.56. The number of halogens is 1. The van der Waals surface area contributed by atoms with Gasteiger partial charge in [-0.1, -0.05) is 29.8 Å². The van der Waals surface area contributed by atoms with Crippen LogP contribution in [0.25, 0.3) is 0 Å². The highest BCUT2D eigenvalue weighted by Crippen LogP contribution is 2.28. The van der Waals surface area contributed by atoms with Gasteiger partial charge in [0.2, 0.25) is 0 Å². The normalized spacial score (nSPS) is 12.9. The van der Waals surface area contributed by atoms with Crippen LogP contribution in [0.3, 0.4) is 0 Å². The quantitative estimate of drug-likeness (QED) is 0.916. The van der Waals surface area contributed by atoms with Crippen molar-refractivity contribution in [1.82, 2.24) is 0 Å². The van der Waals surface area contributed by atoms with E-state index in [4.69, 9.17) is 5.73 Å². The van der Waals surface area contributed by atoms with Crippen LogP contribution >= 0.6 is 15.9 Å². The van der Waals surface area contributed by atoms with E-state index in [0.29, 0.717) is 5.92 Å². The molecule has 0 aliphatic rings. The second kappa shape index (κ2) is 5.69.